The number of nitrogen functional groups attached to an aromatic ring is 1. The van der Waals surface area contributed by atoms with E-state index in [0.29, 0.717) is 24.2 Å². The highest BCUT2D eigenvalue weighted by Crippen LogP contribution is 2.14. The summed E-state index contributed by atoms with van der Waals surface area (Å²) in [6, 6.07) is 1.77. The molecule has 2 heterocycles. The molecule has 0 atom stereocenters. The zero-order valence-corrected chi connectivity index (χ0v) is 10.6. The third kappa shape index (κ3) is 2.50. The van der Waals surface area contributed by atoms with Crippen LogP contribution in [0.25, 0.3) is 0 Å². The summed E-state index contributed by atoms with van der Waals surface area (Å²) in [6.45, 7) is 2.40. The van der Waals surface area contributed by atoms with Crippen molar-refractivity contribution >= 4 is 11.8 Å². The maximum Gasteiger partial charge on any atom is 0.226 e. The maximum atomic E-state index is 5.85. The molecule has 0 radical (unpaired) electrons. The van der Waals surface area contributed by atoms with E-state index in [1.165, 1.54) is 0 Å². The zero-order valence-electron chi connectivity index (χ0n) is 10.6. The summed E-state index contributed by atoms with van der Waals surface area (Å²) >= 11 is 0. The first-order valence-electron chi connectivity index (χ1n) is 5.50. The van der Waals surface area contributed by atoms with Gasteiger partial charge in [-0.1, -0.05) is 0 Å². The van der Waals surface area contributed by atoms with E-state index in [0.717, 1.165) is 11.3 Å². The van der Waals surface area contributed by atoms with Crippen LogP contribution in [-0.2, 0) is 13.6 Å². The molecule has 7 heteroatoms. The average Bonchev–Trinajstić information content (AvgIpc) is 2.67. The Labute approximate surface area is 105 Å². The van der Waals surface area contributed by atoms with Crippen LogP contribution in [0.1, 0.15) is 11.3 Å². The van der Waals surface area contributed by atoms with Gasteiger partial charge in [0.25, 0.3) is 0 Å². The van der Waals surface area contributed by atoms with Crippen molar-refractivity contribution in [2.24, 2.45) is 7.05 Å². The largest absolute Gasteiger partial charge is 0.481 e. The predicted molar refractivity (Wildman–Crippen MR) is 68.3 cm³/mol. The monoisotopic (exact) mass is 248 g/mol. The van der Waals surface area contributed by atoms with Crippen molar-refractivity contribution in [2.45, 2.75) is 13.5 Å². The first kappa shape index (κ1) is 12.2. The highest BCUT2D eigenvalue weighted by Gasteiger charge is 2.06. The molecule has 0 saturated heterocycles. The number of aromatic nitrogens is 4. The fourth-order valence-corrected chi connectivity index (χ4v) is 1.53. The Bertz CT molecular complexity index is 550. The number of ether oxygens (including phenoxy) is 1. The van der Waals surface area contributed by atoms with Gasteiger partial charge in [-0.25, -0.2) is 4.98 Å². The fourth-order valence-electron chi connectivity index (χ4n) is 1.53. The van der Waals surface area contributed by atoms with Crippen molar-refractivity contribution in [3.63, 3.8) is 0 Å². The molecular formula is C11H16N6O. The van der Waals surface area contributed by atoms with Crippen molar-refractivity contribution in [3.05, 3.63) is 23.5 Å². The molecule has 0 fully saturated rings. The van der Waals surface area contributed by atoms with Crippen LogP contribution in [-0.4, -0.2) is 26.9 Å². The van der Waals surface area contributed by atoms with Gasteiger partial charge >= 0.3 is 0 Å². The smallest absolute Gasteiger partial charge is 0.226 e. The van der Waals surface area contributed by atoms with E-state index in [2.05, 4.69) is 20.4 Å². The molecule has 0 aliphatic heterocycles. The van der Waals surface area contributed by atoms with Gasteiger partial charge in [0, 0.05) is 30.9 Å². The van der Waals surface area contributed by atoms with Gasteiger partial charge in [-0.15, -0.1) is 0 Å². The highest BCUT2D eigenvalue weighted by atomic mass is 16.5. The molecule has 2 aromatic heterocycles. The lowest BCUT2D eigenvalue weighted by atomic mass is 10.3. The predicted octanol–water partition coefficient (Wildman–Crippen LogP) is 0.721. The number of nitrogens with zero attached hydrogens (tertiary/aromatic N) is 4. The van der Waals surface area contributed by atoms with Gasteiger partial charge in [-0.2, -0.15) is 10.1 Å². The number of methoxy groups -OCH3 is 1. The normalized spacial score (nSPS) is 10.4. The Kier molecular flexibility index (Phi) is 3.31. The molecule has 0 unspecified atom stereocenters. The Morgan fingerprint density at radius 2 is 2.22 bits per heavy atom. The van der Waals surface area contributed by atoms with E-state index in [-0.39, 0.29) is 0 Å². The first-order valence-corrected chi connectivity index (χ1v) is 5.50. The quantitative estimate of drug-likeness (QED) is 0.828. The zero-order chi connectivity index (χ0) is 13.1. The lowest BCUT2D eigenvalue weighted by Gasteiger charge is -2.07. The van der Waals surface area contributed by atoms with Crippen molar-refractivity contribution < 1.29 is 4.74 Å². The van der Waals surface area contributed by atoms with Crippen LogP contribution < -0.4 is 15.8 Å². The summed E-state index contributed by atoms with van der Waals surface area (Å²) in [7, 11) is 3.37. The minimum atomic E-state index is 0.509. The first-order chi connectivity index (χ1) is 8.60. The fraction of sp³-hybridized carbons (Fsp3) is 0.364. The second kappa shape index (κ2) is 4.91. The van der Waals surface area contributed by atoms with Crippen LogP contribution in [0.4, 0.5) is 11.8 Å². The molecule has 0 spiro atoms. The molecule has 96 valence electrons. The lowest BCUT2D eigenvalue weighted by Crippen LogP contribution is -2.07. The minimum Gasteiger partial charge on any atom is -0.481 e. The van der Waals surface area contributed by atoms with Crippen LogP contribution >= 0.6 is 0 Å². The third-order valence-corrected chi connectivity index (χ3v) is 2.54. The summed E-state index contributed by atoms with van der Waals surface area (Å²) in [5.41, 5.74) is 7.59. The van der Waals surface area contributed by atoms with Gasteiger partial charge in [0.2, 0.25) is 11.8 Å². The number of nitrogens with one attached hydrogen (secondary N) is 1. The third-order valence-electron chi connectivity index (χ3n) is 2.54. The molecule has 7 nitrogen and oxygen atoms in total. The SMILES string of the molecule is COc1cc(C)nc(NCc2cnn(C)c2N)n1. The van der Waals surface area contributed by atoms with Gasteiger partial charge in [0.15, 0.2) is 0 Å². The molecule has 0 aliphatic carbocycles. The molecule has 2 rings (SSSR count). The Hall–Kier alpha value is -2.31. The van der Waals surface area contributed by atoms with Crippen molar-refractivity contribution in [1.82, 2.24) is 19.7 Å². The van der Waals surface area contributed by atoms with Gasteiger partial charge in [0.05, 0.1) is 13.3 Å². The van der Waals surface area contributed by atoms with Crippen molar-refractivity contribution in [1.29, 1.82) is 0 Å². The van der Waals surface area contributed by atoms with E-state index >= 15 is 0 Å². The Morgan fingerprint density at radius 3 is 2.83 bits per heavy atom. The minimum absolute atomic E-state index is 0.509. The summed E-state index contributed by atoms with van der Waals surface area (Å²) in [5, 5.41) is 7.16. The molecule has 3 N–H and O–H groups in total. The molecule has 2 aromatic rings. The number of rotatable bonds is 4. The van der Waals surface area contributed by atoms with Gasteiger partial charge in [0.1, 0.15) is 5.82 Å². The molecule has 0 aromatic carbocycles. The Balaban J connectivity index is 2.10. The summed E-state index contributed by atoms with van der Waals surface area (Å²) in [6.07, 6.45) is 1.72. The standard InChI is InChI=1S/C11H16N6O/c1-7-4-9(18-3)16-11(15-7)13-5-8-6-14-17(2)10(8)12/h4,6H,5,12H2,1-3H3,(H,13,15,16). The van der Waals surface area contributed by atoms with Crippen LogP contribution in [0.2, 0.25) is 0 Å². The second-order valence-corrected chi connectivity index (χ2v) is 3.91. The van der Waals surface area contributed by atoms with Crippen LogP contribution in [0.15, 0.2) is 12.3 Å². The number of anilines is 2. The van der Waals surface area contributed by atoms with E-state index < -0.39 is 0 Å². The van der Waals surface area contributed by atoms with Crippen molar-refractivity contribution in [3.8, 4) is 5.88 Å². The molecular weight excluding hydrogens is 232 g/mol. The number of hydrogen-bond acceptors (Lipinski definition) is 6. The van der Waals surface area contributed by atoms with Crippen LogP contribution in [0.5, 0.6) is 5.88 Å². The number of nitrogens with two attached hydrogens (primary N) is 1. The topological polar surface area (TPSA) is 90.9 Å². The van der Waals surface area contributed by atoms with E-state index in [9.17, 15) is 0 Å². The second-order valence-electron chi connectivity index (χ2n) is 3.91. The van der Waals surface area contributed by atoms with E-state index in [1.54, 1.807) is 31.1 Å². The van der Waals surface area contributed by atoms with Gasteiger partial charge in [-0.05, 0) is 6.92 Å². The molecule has 0 aliphatic rings. The Morgan fingerprint density at radius 1 is 1.44 bits per heavy atom. The molecule has 0 amide bonds. The number of hydrogen-bond donors (Lipinski definition) is 2. The molecule has 18 heavy (non-hydrogen) atoms. The maximum absolute atomic E-state index is 5.85. The van der Waals surface area contributed by atoms with Gasteiger partial charge < -0.3 is 15.8 Å². The lowest BCUT2D eigenvalue weighted by molar-refractivity contribution is 0.397. The van der Waals surface area contributed by atoms with E-state index in [4.69, 9.17) is 10.5 Å². The number of aryl methyl sites for hydroxylation is 2. The summed E-state index contributed by atoms with van der Waals surface area (Å²) in [5.74, 6) is 1.67. The van der Waals surface area contributed by atoms with E-state index in [1.807, 2.05) is 6.92 Å². The van der Waals surface area contributed by atoms with Crippen LogP contribution in [0, 0.1) is 6.92 Å². The van der Waals surface area contributed by atoms with Crippen LogP contribution in [0.3, 0.4) is 0 Å². The highest BCUT2D eigenvalue weighted by molar-refractivity contribution is 5.41. The van der Waals surface area contributed by atoms with Crippen molar-refractivity contribution in [2.75, 3.05) is 18.2 Å². The average molecular weight is 248 g/mol. The summed E-state index contributed by atoms with van der Waals surface area (Å²) in [4.78, 5) is 8.45. The summed E-state index contributed by atoms with van der Waals surface area (Å²) < 4.78 is 6.70. The molecule has 0 bridgehead atoms. The van der Waals surface area contributed by atoms with Gasteiger partial charge in [-0.3, -0.25) is 4.68 Å². The molecule has 0 saturated carbocycles.